The SMILES string of the molecule is COc1ncc(-c2cc(C(F)(F)F)cc3c2C=NC3)cc1C(N)=O. The van der Waals surface area contributed by atoms with Gasteiger partial charge in [-0.25, -0.2) is 4.98 Å². The van der Waals surface area contributed by atoms with Gasteiger partial charge >= 0.3 is 6.18 Å². The molecule has 0 bridgehead atoms. The summed E-state index contributed by atoms with van der Waals surface area (Å²) in [5.74, 6) is -0.762. The van der Waals surface area contributed by atoms with Gasteiger partial charge in [-0.1, -0.05) is 0 Å². The molecule has 1 aliphatic heterocycles. The van der Waals surface area contributed by atoms with Gasteiger partial charge in [0.1, 0.15) is 5.56 Å². The number of aliphatic imine (C=N–C) groups is 1. The first-order chi connectivity index (χ1) is 11.3. The van der Waals surface area contributed by atoms with Crippen molar-refractivity contribution >= 4 is 12.1 Å². The van der Waals surface area contributed by atoms with Gasteiger partial charge in [0.2, 0.25) is 5.88 Å². The van der Waals surface area contributed by atoms with Crippen LogP contribution in [-0.2, 0) is 12.7 Å². The van der Waals surface area contributed by atoms with E-state index in [1.165, 1.54) is 25.6 Å². The molecule has 1 aromatic heterocycles. The summed E-state index contributed by atoms with van der Waals surface area (Å²) in [5, 5.41) is 0. The minimum absolute atomic E-state index is 0.00361. The van der Waals surface area contributed by atoms with Crippen molar-refractivity contribution in [2.75, 3.05) is 7.11 Å². The van der Waals surface area contributed by atoms with Crippen molar-refractivity contribution in [3.8, 4) is 17.0 Å². The van der Waals surface area contributed by atoms with E-state index in [1.54, 1.807) is 0 Å². The average molecular weight is 335 g/mol. The number of aromatic nitrogens is 1. The van der Waals surface area contributed by atoms with Gasteiger partial charge in [-0.2, -0.15) is 13.2 Å². The Bertz CT molecular complexity index is 860. The largest absolute Gasteiger partial charge is 0.480 e. The fourth-order valence-electron chi connectivity index (χ4n) is 2.57. The number of amides is 1. The van der Waals surface area contributed by atoms with Crippen LogP contribution < -0.4 is 10.5 Å². The number of rotatable bonds is 3. The van der Waals surface area contributed by atoms with Crippen molar-refractivity contribution < 1.29 is 22.7 Å². The Balaban J connectivity index is 2.23. The summed E-state index contributed by atoms with van der Waals surface area (Å²) in [6.45, 7) is 0.179. The molecule has 0 saturated heterocycles. The predicted octanol–water partition coefficient (Wildman–Crippen LogP) is 2.81. The van der Waals surface area contributed by atoms with Gasteiger partial charge in [0, 0.05) is 23.5 Å². The van der Waals surface area contributed by atoms with E-state index in [4.69, 9.17) is 10.5 Å². The van der Waals surface area contributed by atoms with Gasteiger partial charge in [-0.05, 0) is 29.3 Å². The Morgan fingerprint density at radius 3 is 2.67 bits per heavy atom. The Morgan fingerprint density at radius 1 is 1.29 bits per heavy atom. The summed E-state index contributed by atoms with van der Waals surface area (Å²) in [6.07, 6.45) is -1.63. The Labute approximate surface area is 135 Å². The lowest BCUT2D eigenvalue weighted by atomic mass is 9.94. The van der Waals surface area contributed by atoms with E-state index < -0.39 is 17.6 Å². The minimum Gasteiger partial charge on any atom is -0.480 e. The molecule has 124 valence electrons. The second-order valence-electron chi connectivity index (χ2n) is 5.21. The number of halogens is 3. The van der Waals surface area contributed by atoms with Crippen LogP contribution in [0.1, 0.15) is 27.0 Å². The maximum absolute atomic E-state index is 13.1. The first-order valence-electron chi connectivity index (χ1n) is 6.89. The highest BCUT2D eigenvalue weighted by atomic mass is 19.4. The van der Waals surface area contributed by atoms with Crippen molar-refractivity contribution in [2.24, 2.45) is 10.7 Å². The molecule has 5 nitrogen and oxygen atoms in total. The summed E-state index contributed by atoms with van der Waals surface area (Å²) in [6, 6.07) is 3.47. The van der Waals surface area contributed by atoms with Crippen molar-refractivity contribution in [3.63, 3.8) is 0 Å². The second kappa shape index (κ2) is 5.63. The average Bonchev–Trinajstić information content (AvgIpc) is 3.00. The fraction of sp³-hybridized carbons (Fsp3) is 0.188. The van der Waals surface area contributed by atoms with Crippen molar-refractivity contribution in [1.29, 1.82) is 0 Å². The highest BCUT2D eigenvalue weighted by Crippen LogP contribution is 2.37. The third kappa shape index (κ3) is 2.70. The van der Waals surface area contributed by atoms with Crippen molar-refractivity contribution in [3.05, 3.63) is 46.6 Å². The first-order valence-corrected chi connectivity index (χ1v) is 6.89. The predicted molar refractivity (Wildman–Crippen MR) is 81.0 cm³/mol. The van der Waals surface area contributed by atoms with Crippen LogP contribution in [0.4, 0.5) is 13.2 Å². The monoisotopic (exact) mass is 335 g/mol. The molecule has 2 heterocycles. The van der Waals surface area contributed by atoms with Gasteiger partial charge in [0.25, 0.3) is 5.91 Å². The van der Waals surface area contributed by atoms with E-state index in [2.05, 4.69) is 9.98 Å². The normalized spacial score (nSPS) is 13.0. The number of pyridine rings is 1. The van der Waals surface area contributed by atoms with Crippen LogP contribution in [0.3, 0.4) is 0 Å². The second-order valence-corrected chi connectivity index (χ2v) is 5.21. The quantitative estimate of drug-likeness (QED) is 0.937. The molecule has 0 unspecified atom stereocenters. The number of hydrogen-bond acceptors (Lipinski definition) is 4. The summed E-state index contributed by atoms with van der Waals surface area (Å²) in [7, 11) is 1.32. The van der Waals surface area contributed by atoms with E-state index in [0.717, 1.165) is 12.1 Å². The molecule has 1 aliphatic rings. The van der Waals surface area contributed by atoms with Gasteiger partial charge in [0.05, 0.1) is 19.2 Å². The Kier molecular flexibility index (Phi) is 3.75. The van der Waals surface area contributed by atoms with Crippen LogP contribution in [0.25, 0.3) is 11.1 Å². The zero-order valence-corrected chi connectivity index (χ0v) is 12.5. The van der Waals surface area contributed by atoms with E-state index in [-0.39, 0.29) is 18.0 Å². The third-order valence-electron chi connectivity index (χ3n) is 3.70. The maximum Gasteiger partial charge on any atom is 0.416 e. The number of nitrogens with two attached hydrogens (primary N) is 1. The molecular formula is C16H12F3N3O2. The lowest BCUT2D eigenvalue weighted by Gasteiger charge is -2.14. The molecular weight excluding hydrogens is 323 g/mol. The van der Waals surface area contributed by atoms with Crippen LogP contribution in [0.5, 0.6) is 5.88 Å². The van der Waals surface area contributed by atoms with Crippen molar-refractivity contribution in [2.45, 2.75) is 12.7 Å². The number of ether oxygens (including phenoxy) is 1. The van der Waals surface area contributed by atoms with Gasteiger partial charge in [-0.15, -0.1) is 0 Å². The van der Waals surface area contributed by atoms with E-state index in [1.807, 2.05) is 0 Å². The molecule has 0 saturated carbocycles. The number of benzene rings is 1. The van der Waals surface area contributed by atoms with Crippen LogP contribution in [-0.4, -0.2) is 24.2 Å². The molecule has 2 aromatic rings. The molecule has 0 radical (unpaired) electrons. The number of hydrogen-bond donors (Lipinski definition) is 1. The van der Waals surface area contributed by atoms with E-state index in [0.29, 0.717) is 22.3 Å². The standard InChI is InChI=1S/C16H12F3N3O2/c1-24-15-12(14(20)23)3-9(6-22-15)11-4-10(16(17,18)19)2-8-5-21-7-13(8)11/h2-4,6-7H,5H2,1H3,(H2,20,23). The molecule has 2 N–H and O–H groups in total. The lowest BCUT2D eigenvalue weighted by Crippen LogP contribution is -2.13. The number of carbonyl (C=O) groups is 1. The highest BCUT2D eigenvalue weighted by Gasteiger charge is 2.33. The van der Waals surface area contributed by atoms with Crippen LogP contribution in [0.15, 0.2) is 29.4 Å². The maximum atomic E-state index is 13.1. The molecule has 0 atom stereocenters. The van der Waals surface area contributed by atoms with Gasteiger partial charge < -0.3 is 10.5 Å². The van der Waals surface area contributed by atoms with Gasteiger partial charge in [0.15, 0.2) is 0 Å². The summed E-state index contributed by atoms with van der Waals surface area (Å²) in [5.41, 5.74) is 6.17. The smallest absolute Gasteiger partial charge is 0.416 e. The number of primary amides is 1. The molecule has 8 heteroatoms. The number of fused-ring (bicyclic) bond motifs is 1. The molecule has 3 rings (SSSR count). The highest BCUT2D eigenvalue weighted by molar-refractivity contribution is 5.98. The lowest BCUT2D eigenvalue weighted by molar-refractivity contribution is -0.137. The molecule has 24 heavy (non-hydrogen) atoms. The fourth-order valence-corrected chi connectivity index (χ4v) is 2.57. The zero-order valence-electron chi connectivity index (χ0n) is 12.5. The molecule has 1 amide bonds. The van der Waals surface area contributed by atoms with Crippen LogP contribution in [0.2, 0.25) is 0 Å². The summed E-state index contributed by atoms with van der Waals surface area (Å²) in [4.78, 5) is 19.5. The molecule has 1 aromatic carbocycles. The summed E-state index contributed by atoms with van der Waals surface area (Å²) >= 11 is 0. The summed E-state index contributed by atoms with van der Waals surface area (Å²) < 4.78 is 44.3. The number of methoxy groups -OCH3 is 1. The Hall–Kier alpha value is -2.90. The molecule has 0 spiro atoms. The number of nitrogens with zero attached hydrogens (tertiary/aromatic N) is 2. The topological polar surface area (TPSA) is 77.6 Å². The number of alkyl halides is 3. The number of carbonyl (C=O) groups excluding carboxylic acids is 1. The molecule has 0 aliphatic carbocycles. The van der Waals surface area contributed by atoms with E-state index in [9.17, 15) is 18.0 Å². The first kappa shape index (κ1) is 16.0. The third-order valence-corrected chi connectivity index (χ3v) is 3.70. The van der Waals surface area contributed by atoms with Crippen LogP contribution in [0, 0.1) is 0 Å². The van der Waals surface area contributed by atoms with E-state index >= 15 is 0 Å². The van der Waals surface area contributed by atoms with Crippen molar-refractivity contribution in [1.82, 2.24) is 4.98 Å². The van der Waals surface area contributed by atoms with Crippen LogP contribution >= 0.6 is 0 Å². The van der Waals surface area contributed by atoms with Gasteiger partial charge in [-0.3, -0.25) is 9.79 Å². The minimum atomic E-state index is -4.49. The zero-order chi connectivity index (χ0) is 17.5. The molecule has 0 fully saturated rings. The Morgan fingerprint density at radius 2 is 2.04 bits per heavy atom.